The van der Waals surface area contributed by atoms with E-state index in [1.165, 1.54) is 0 Å². The summed E-state index contributed by atoms with van der Waals surface area (Å²) in [5, 5.41) is 6.72. The second kappa shape index (κ2) is 9.14. The number of aromatic nitrogens is 2. The molecule has 6 nitrogen and oxygen atoms in total. The van der Waals surface area contributed by atoms with Gasteiger partial charge in [0.25, 0.3) is 5.91 Å². The molecule has 0 aliphatic rings. The van der Waals surface area contributed by atoms with Crippen molar-refractivity contribution in [2.24, 2.45) is 5.10 Å². The average Bonchev–Trinajstić information content (AvgIpc) is 3.22. The monoisotopic (exact) mass is 454 g/mol. The molecule has 0 atom stereocenters. The molecule has 7 heteroatoms. The van der Waals surface area contributed by atoms with E-state index in [4.69, 9.17) is 16.3 Å². The fourth-order valence-electron chi connectivity index (χ4n) is 3.56. The molecular formula is C26H19ClN4O2. The van der Waals surface area contributed by atoms with E-state index in [1.54, 1.807) is 18.5 Å². The molecule has 162 valence electrons. The van der Waals surface area contributed by atoms with Gasteiger partial charge in [0.1, 0.15) is 18.1 Å². The smallest absolute Gasteiger partial charge is 0.289 e. The van der Waals surface area contributed by atoms with Gasteiger partial charge >= 0.3 is 0 Å². The van der Waals surface area contributed by atoms with Crippen molar-refractivity contribution < 1.29 is 9.53 Å². The summed E-state index contributed by atoms with van der Waals surface area (Å²) in [4.78, 5) is 20.1. The molecule has 0 unspecified atom stereocenters. The Labute approximate surface area is 194 Å². The summed E-state index contributed by atoms with van der Waals surface area (Å²) in [7, 11) is 0. The van der Waals surface area contributed by atoms with Crippen molar-refractivity contribution in [3.63, 3.8) is 0 Å². The zero-order valence-corrected chi connectivity index (χ0v) is 18.2. The molecule has 0 saturated carbocycles. The normalized spacial score (nSPS) is 11.3. The summed E-state index contributed by atoms with van der Waals surface area (Å²) >= 11 is 6.18. The predicted molar refractivity (Wildman–Crippen MR) is 131 cm³/mol. The lowest BCUT2D eigenvalue weighted by Gasteiger charge is -2.08. The first-order valence-corrected chi connectivity index (χ1v) is 10.7. The van der Waals surface area contributed by atoms with E-state index in [-0.39, 0.29) is 5.91 Å². The van der Waals surface area contributed by atoms with Crippen LogP contribution in [0.5, 0.6) is 5.75 Å². The van der Waals surface area contributed by atoms with Crippen LogP contribution in [0.15, 0.2) is 90.2 Å². The van der Waals surface area contributed by atoms with Crippen LogP contribution in [0.1, 0.15) is 21.6 Å². The molecule has 0 spiro atoms. The topological polar surface area (TPSA) is 79.4 Å². The van der Waals surface area contributed by atoms with Crippen molar-refractivity contribution in [2.45, 2.75) is 6.61 Å². The highest BCUT2D eigenvalue weighted by molar-refractivity contribution is 6.31. The minimum absolute atomic E-state index is 0.293. The summed E-state index contributed by atoms with van der Waals surface area (Å²) in [6.07, 6.45) is 3.22. The average molecular weight is 455 g/mol. The third kappa shape index (κ3) is 4.56. The lowest BCUT2D eigenvalue weighted by atomic mass is 10.1. The first kappa shape index (κ1) is 20.7. The summed E-state index contributed by atoms with van der Waals surface area (Å²) in [6, 6.07) is 24.7. The molecule has 3 aromatic carbocycles. The quantitative estimate of drug-likeness (QED) is 0.254. The molecule has 0 fully saturated rings. The van der Waals surface area contributed by atoms with Crippen molar-refractivity contribution in [3.8, 4) is 5.75 Å². The molecule has 2 N–H and O–H groups in total. The Morgan fingerprint density at radius 2 is 1.85 bits per heavy atom. The van der Waals surface area contributed by atoms with Gasteiger partial charge in [0, 0.05) is 26.9 Å². The number of carbonyl (C=O) groups excluding carboxylic acids is 1. The summed E-state index contributed by atoms with van der Waals surface area (Å²) in [5.74, 6) is 0.293. The van der Waals surface area contributed by atoms with E-state index in [0.29, 0.717) is 23.1 Å². The van der Waals surface area contributed by atoms with Gasteiger partial charge in [-0.15, -0.1) is 0 Å². The van der Waals surface area contributed by atoms with E-state index < -0.39 is 0 Å². The van der Waals surface area contributed by atoms with Crippen LogP contribution in [0.3, 0.4) is 0 Å². The molecule has 5 rings (SSSR count). The standard InChI is InChI=1S/C26H19ClN4O2/c27-22-10-3-1-7-18(22)16-33-19-8-5-6-17(12-19)14-29-31-26(32)24-13-21-20-9-2-4-11-23(20)30-25(21)15-28-24/h1-15,30H,16H2,(H,31,32)/b29-14+. The van der Waals surface area contributed by atoms with Gasteiger partial charge in [0.2, 0.25) is 0 Å². The second-order valence-corrected chi connectivity index (χ2v) is 7.84. The molecule has 2 heterocycles. The number of para-hydroxylation sites is 1. The van der Waals surface area contributed by atoms with E-state index in [0.717, 1.165) is 32.9 Å². The van der Waals surface area contributed by atoms with Crippen molar-refractivity contribution in [1.82, 2.24) is 15.4 Å². The highest BCUT2D eigenvalue weighted by Gasteiger charge is 2.10. The Hall–Kier alpha value is -4.16. The number of H-pyrrole nitrogens is 1. The third-order valence-electron chi connectivity index (χ3n) is 5.21. The number of amides is 1. The van der Waals surface area contributed by atoms with Crippen molar-refractivity contribution in [3.05, 3.63) is 107 Å². The van der Waals surface area contributed by atoms with Crippen LogP contribution >= 0.6 is 11.6 Å². The van der Waals surface area contributed by atoms with Gasteiger partial charge < -0.3 is 9.72 Å². The maximum absolute atomic E-state index is 12.6. The van der Waals surface area contributed by atoms with Gasteiger partial charge in [-0.05, 0) is 35.9 Å². The molecule has 33 heavy (non-hydrogen) atoms. The molecular weight excluding hydrogens is 436 g/mol. The van der Waals surface area contributed by atoms with Crippen LogP contribution in [0.4, 0.5) is 0 Å². The van der Waals surface area contributed by atoms with Crippen molar-refractivity contribution in [2.75, 3.05) is 0 Å². The number of ether oxygens (including phenoxy) is 1. The number of rotatable bonds is 6. The number of carbonyl (C=O) groups is 1. The molecule has 5 aromatic rings. The number of nitrogens with one attached hydrogen (secondary N) is 2. The Morgan fingerprint density at radius 1 is 1.00 bits per heavy atom. The lowest BCUT2D eigenvalue weighted by Crippen LogP contribution is -2.18. The summed E-state index contributed by atoms with van der Waals surface area (Å²) in [5.41, 5.74) is 6.40. The van der Waals surface area contributed by atoms with Crippen LogP contribution in [-0.2, 0) is 6.61 Å². The minimum Gasteiger partial charge on any atom is -0.489 e. The zero-order valence-electron chi connectivity index (χ0n) is 17.5. The fraction of sp³-hybridized carbons (Fsp3) is 0.0385. The van der Waals surface area contributed by atoms with Crippen LogP contribution in [0, 0.1) is 0 Å². The van der Waals surface area contributed by atoms with Crippen LogP contribution in [0.2, 0.25) is 5.02 Å². The Morgan fingerprint density at radius 3 is 2.76 bits per heavy atom. The first-order chi connectivity index (χ1) is 16.2. The van der Waals surface area contributed by atoms with E-state index in [1.807, 2.05) is 72.8 Å². The minimum atomic E-state index is -0.385. The van der Waals surface area contributed by atoms with Gasteiger partial charge in [-0.1, -0.05) is 60.1 Å². The van der Waals surface area contributed by atoms with Crippen molar-refractivity contribution >= 4 is 45.5 Å². The molecule has 0 radical (unpaired) electrons. The molecule has 0 saturated heterocycles. The third-order valence-corrected chi connectivity index (χ3v) is 5.58. The highest BCUT2D eigenvalue weighted by atomic mass is 35.5. The van der Waals surface area contributed by atoms with Gasteiger partial charge in [0.05, 0.1) is 17.9 Å². The van der Waals surface area contributed by atoms with E-state index in [2.05, 4.69) is 20.5 Å². The maximum atomic E-state index is 12.6. The first-order valence-electron chi connectivity index (χ1n) is 10.3. The number of halogens is 1. The number of fused-ring (bicyclic) bond motifs is 3. The molecule has 2 aromatic heterocycles. The van der Waals surface area contributed by atoms with Gasteiger partial charge in [-0.2, -0.15) is 5.10 Å². The molecule has 0 aliphatic heterocycles. The number of benzene rings is 3. The fourth-order valence-corrected chi connectivity index (χ4v) is 3.75. The largest absolute Gasteiger partial charge is 0.489 e. The number of aromatic amines is 1. The van der Waals surface area contributed by atoms with Gasteiger partial charge in [-0.25, -0.2) is 10.4 Å². The Kier molecular flexibility index (Phi) is 5.74. The second-order valence-electron chi connectivity index (χ2n) is 7.44. The maximum Gasteiger partial charge on any atom is 0.289 e. The zero-order chi connectivity index (χ0) is 22.6. The van der Waals surface area contributed by atoms with Crippen LogP contribution in [-0.4, -0.2) is 22.1 Å². The Bertz CT molecular complexity index is 1490. The van der Waals surface area contributed by atoms with E-state index >= 15 is 0 Å². The number of hydrogen-bond acceptors (Lipinski definition) is 4. The number of pyridine rings is 1. The van der Waals surface area contributed by atoms with Crippen LogP contribution < -0.4 is 10.2 Å². The summed E-state index contributed by atoms with van der Waals surface area (Å²) in [6.45, 7) is 0.360. The predicted octanol–water partition coefficient (Wildman–Crippen LogP) is 5.71. The van der Waals surface area contributed by atoms with Crippen LogP contribution in [0.25, 0.3) is 21.8 Å². The lowest BCUT2D eigenvalue weighted by molar-refractivity contribution is 0.0950. The molecule has 1 amide bonds. The Balaban J connectivity index is 1.25. The summed E-state index contributed by atoms with van der Waals surface area (Å²) < 4.78 is 5.83. The van der Waals surface area contributed by atoms with Gasteiger partial charge in [0.15, 0.2) is 0 Å². The molecule has 0 bridgehead atoms. The van der Waals surface area contributed by atoms with Gasteiger partial charge in [-0.3, -0.25) is 4.79 Å². The van der Waals surface area contributed by atoms with Crippen molar-refractivity contribution in [1.29, 1.82) is 0 Å². The number of nitrogens with zero attached hydrogens (tertiary/aromatic N) is 2. The number of hydrazone groups is 1. The highest BCUT2D eigenvalue weighted by Crippen LogP contribution is 2.25. The molecule has 0 aliphatic carbocycles. The SMILES string of the molecule is O=C(N/N=C/c1cccc(OCc2ccccc2Cl)c1)c1cc2c(cn1)[nH]c1ccccc12. The number of hydrogen-bond donors (Lipinski definition) is 2. The van der Waals surface area contributed by atoms with E-state index in [9.17, 15) is 4.79 Å².